The maximum atomic E-state index is 13.2. The van der Waals surface area contributed by atoms with Crippen molar-refractivity contribution in [1.82, 2.24) is 5.32 Å². The van der Waals surface area contributed by atoms with Crippen LogP contribution in [0.5, 0.6) is 0 Å². The highest BCUT2D eigenvalue weighted by Gasteiger charge is 2.23. The van der Waals surface area contributed by atoms with Crippen LogP contribution in [0.3, 0.4) is 0 Å². The zero-order valence-corrected chi connectivity index (χ0v) is 11.6. The van der Waals surface area contributed by atoms with Crippen molar-refractivity contribution in [1.29, 1.82) is 0 Å². The Labute approximate surface area is 108 Å². The fraction of sp³-hybridized carbons (Fsp3) is 0.571. The number of benzene rings is 1. The van der Waals surface area contributed by atoms with Crippen molar-refractivity contribution in [3.05, 3.63) is 34.6 Å². The summed E-state index contributed by atoms with van der Waals surface area (Å²) in [5.74, 6) is -0.216. The predicted octanol–water partition coefficient (Wildman–Crippen LogP) is 4.05. The topological polar surface area (TPSA) is 12.0 Å². The van der Waals surface area contributed by atoms with Gasteiger partial charge in [0.2, 0.25) is 0 Å². The minimum atomic E-state index is -0.216. The van der Waals surface area contributed by atoms with Crippen LogP contribution in [0.25, 0.3) is 0 Å². The number of hydrogen-bond acceptors (Lipinski definition) is 1. The summed E-state index contributed by atoms with van der Waals surface area (Å²) < 4.78 is 13.2. The van der Waals surface area contributed by atoms with Crippen molar-refractivity contribution in [2.24, 2.45) is 5.41 Å². The third kappa shape index (κ3) is 4.29. The van der Waals surface area contributed by atoms with E-state index in [1.54, 1.807) is 12.1 Å². The van der Waals surface area contributed by atoms with Gasteiger partial charge in [-0.25, -0.2) is 4.39 Å². The molecule has 0 bridgehead atoms. The van der Waals surface area contributed by atoms with E-state index in [9.17, 15) is 4.39 Å². The molecule has 0 aliphatic heterocycles. The third-order valence-electron chi connectivity index (χ3n) is 3.28. The predicted molar refractivity (Wildman–Crippen MR) is 72.1 cm³/mol. The molecule has 0 heterocycles. The Morgan fingerprint density at radius 2 is 2.06 bits per heavy atom. The highest BCUT2D eigenvalue weighted by molar-refractivity contribution is 6.31. The summed E-state index contributed by atoms with van der Waals surface area (Å²) in [6.07, 6.45) is 1.83. The average molecular weight is 258 g/mol. The summed E-state index contributed by atoms with van der Waals surface area (Å²) in [6.45, 7) is 8.33. The summed E-state index contributed by atoms with van der Waals surface area (Å²) >= 11 is 6.11. The van der Waals surface area contributed by atoms with E-state index in [2.05, 4.69) is 26.1 Å². The summed E-state index contributed by atoms with van der Waals surface area (Å²) in [4.78, 5) is 0. The molecule has 0 aromatic heterocycles. The van der Waals surface area contributed by atoms with E-state index < -0.39 is 0 Å². The third-order valence-corrected chi connectivity index (χ3v) is 3.65. The summed E-state index contributed by atoms with van der Waals surface area (Å²) in [7, 11) is 0. The van der Waals surface area contributed by atoms with Gasteiger partial charge in [-0.15, -0.1) is 0 Å². The summed E-state index contributed by atoms with van der Waals surface area (Å²) in [5, 5.41) is 4.01. The molecule has 1 aromatic carbocycles. The van der Waals surface area contributed by atoms with Gasteiger partial charge in [0.05, 0.1) is 0 Å². The molecule has 0 spiro atoms. The molecular formula is C14H21ClFN. The van der Waals surface area contributed by atoms with Crippen LogP contribution in [-0.2, 0) is 6.42 Å². The lowest BCUT2D eigenvalue weighted by atomic mass is 9.81. The van der Waals surface area contributed by atoms with Crippen LogP contribution >= 0.6 is 11.6 Å². The Morgan fingerprint density at radius 3 is 2.65 bits per heavy atom. The van der Waals surface area contributed by atoms with Crippen molar-refractivity contribution in [2.45, 2.75) is 33.6 Å². The minimum Gasteiger partial charge on any atom is -0.316 e. The molecule has 1 aromatic rings. The molecule has 96 valence electrons. The first-order valence-electron chi connectivity index (χ1n) is 6.15. The Bertz CT molecular complexity index is 367. The van der Waals surface area contributed by atoms with Crippen molar-refractivity contribution in [3.63, 3.8) is 0 Å². The molecule has 1 nitrogen and oxygen atoms in total. The second-order valence-corrected chi connectivity index (χ2v) is 5.26. The van der Waals surface area contributed by atoms with Gasteiger partial charge in [0.15, 0.2) is 0 Å². The summed E-state index contributed by atoms with van der Waals surface area (Å²) in [5.41, 5.74) is 1.02. The lowest BCUT2D eigenvalue weighted by molar-refractivity contribution is 0.292. The van der Waals surface area contributed by atoms with E-state index in [-0.39, 0.29) is 11.2 Å². The maximum absolute atomic E-state index is 13.2. The van der Waals surface area contributed by atoms with E-state index in [1.165, 1.54) is 6.07 Å². The zero-order chi connectivity index (χ0) is 12.9. The molecule has 1 unspecified atom stereocenters. The van der Waals surface area contributed by atoms with Gasteiger partial charge in [-0.05, 0) is 48.6 Å². The quantitative estimate of drug-likeness (QED) is 0.811. The largest absolute Gasteiger partial charge is 0.316 e. The van der Waals surface area contributed by atoms with Gasteiger partial charge >= 0.3 is 0 Å². The van der Waals surface area contributed by atoms with Crippen molar-refractivity contribution in [3.8, 4) is 0 Å². The first kappa shape index (κ1) is 14.5. The van der Waals surface area contributed by atoms with Crippen LogP contribution in [0.1, 0.15) is 32.8 Å². The van der Waals surface area contributed by atoms with Crippen molar-refractivity contribution >= 4 is 11.6 Å². The molecule has 0 saturated carbocycles. The Morgan fingerprint density at radius 1 is 1.35 bits per heavy atom. The molecule has 0 aliphatic carbocycles. The maximum Gasteiger partial charge on any atom is 0.123 e. The van der Waals surface area contributed by atoms with Gasteiger partial charge in [-0.3, -0.25) is 0 Å². The second kappa shape index (κ2) is 6.36. The molecule has 17 heavy (non-hydrogen) atoms. The van der Waals surface area contributed by atoms with Gasteiger partial charge in [0.25, 0.3) is 0 Å². The zero-order valence-electron chi connectivity index (χ0n) is 10.8. The van der Waals surface area contributed by atoms with Gasteiger partial charge in [0.1, 0.15) is 5.82 Å². The van der Waals surface area contributed by atoms with E-state index in [1.807, 2.05) is 0 Å². The molecule has 1 atom stereocenters. The van der Waals surface area contributed by atoms with Crippen LogP contribution < -0.4 is 5.32 Å². The highest BCUT2D eigenvalue weighted by atomic mass is 35.5. The van der Waals surface area contributed by atoms with Crippen LogP contribution in [0, 0.1) is 11.2 Å². The Balaban J connectivity index is 2.82. The van der Waals surface area contributed by atoms with E-state index in [0.717, 1.165) is 31.5 Å². The van der Waals surface area contributed by atoms with Crippen LogP contribution in [-0.4, -0.2) is 13.1 Å². The SMILES string of the molecule is CCNCC(C)(CC)Cc1cc(F)ccc1Cl. The van der Waals surface area contributed by atoms with Gasteiger partial charge in [0, 0.05) is 11.6 Å². The average Bonchev–Trinajstić information content (AvgIpc) is 2.31. The van der Waals surface area contributed by atoms with Crippen LogP contribution in [0.15, 0.2) is 18.2 Å². The standard InChI is InChI=1S/C14H21ClFN/c1-4-14(3,10-17-5-2)9-11-8-12(16)6-7-13(11)15/h6-8,17H,4-5,9-10H2,1-3H3. The number of halogens is 2. The fourth-order valence-electron chi connectivity index (χ4n) is 1.88. The van der Waals surface area contributed by atoms with E-state index >= 15 is 0 Å². The number of rotatable bonds is 6. The molecule has 0 amide bonds. The molecule has 0 saturated heterocycles. The number of hydrogen-bond donors (Lipinski definition) is 1. The monoisotopic (exact) mass is 257 g/mol. The molecule has 0 fully saturated rings. The molecule has 1 rings (SSSR count). The normalized spacial score (nSPS) is 14.6. The van der Waals surface area contributed by atoms with Gasteiger partial charge in [-0.1, -0.05) is 32.4 Å². The minimum absolute atomic E-state index is 0.118. The summed E-state index contributed by atoms with van der Waals surface area (Å²) in [6, 6.07) is 4.58. The first-order valence-corrected chi connectivity index (χ1v) is 6.53. The highest BCUT2D eigenvalue weighted by Crippen LogP contribution is 2.29. The van der Waals surface area contributed by atoms with Crippen molar-refractivity contribution in [2.75, 3.05) is 13.1 Å². The fourth-order valence-corrected chi connectivity index (χ4v) is 2.06. The lowest BCUT2D eigenvalue weighted by Gasteiger charge is -2.29. The Hall–Kier alpha value is -0.600. The lowest BCUT2D eigenvalue weighted by Crippen LogP contribution is -2.33. The molecule has 0 aliphatic rings. The smallest absolute Gasteiger partial charge is 0.123 e. The van der Waals surface area contributed by atoms with Crippen molar-refractivity contribution < 1.29 is 4.39 Å². The Kier molecular flexibility index (Phi) is 5.41. The molecular weight excluding hydrogens is 237 g/mol. The molecule has 3 heteroatoms. The van der Waals surface area contributed by atoms with E-state index in [4.69, 9.17) is 11.6 Å². The van der Waals surface area contributed by atoms with Crippen LogP contribution in [0.4, 0.5) is 4.39 Å². The second-order valence-electron chi connectivity index (χ2n) is 4.86. The molecule has 0 radical (unpaired) electrons. The molecule has 1 N–H and O–H groups in total. The van der Waals surface area contributed by atoms with E-state index in [0.29, 0.717) is 5.02 Å². The van der Waals surface area contributed by atoms with Gasteiger partial charge < -0.3 is 5.32 Å². The first-order chi connectivity index (χ1) is 8.00. The van der Waals surface area contributed by atoms with Gasteiger partial charge in [-0.2, -0.15) is 0 Å². The van der Waals surface area contributed by atoms with Crippen LogP contribution in [0.2, 0.25) is 5.02 Å². The number of nitrogens with one attached hydrogen (secondary N) is 1.